The molecule has 0 bridgehead atoms. The number of fused-ring (bicyclic) bond motifs is 1. The number of rotatable bonds is 6. The molecule has 146 valence electrons. The number of carbonyl (C=O) groups excluding carboxylic acids is 1. The number of benzene rings is 2. The number of nitrogens with one attached hydrogen (secondary N) is 1. The molecule has 0 unspecified atom stereocenters. The van der Waals surface area contributed by atoms with Gasteiger partial charge in [-0.2, -0.15) is 0 Å². The molecule has 1 fully saturated rings. The van der Waals surface area contributed by atoms with Crippen molar-refractivity contribution in [2.24, 2.45) is 0 Å². The van der Waals surface area contributed by atoms with Gasteiger partial charge >= 0.3 is 0 Å². The highest BCUT2D eigenvalue weighted by Crippen LogP contribution is 2.22. The normalized spacial score (nSPS) is 14.5. The minimum absolute atomic E-state index is 0.237. The van der Waals surface area contributed by atoms with E-state index in [1.54, 1.807) is 7.11 Å². The zero-order valence-corrected chi connectivity index (χ0v) is 16.2. The quantitative estimate of drug-likeness (QED) is 0.715. The number of piperazine rings is 1. The van der Waals surface area contributed by atoms with E-state index in [4.69, 9.17) is 4.74 Å². The highest BCUT2D eigenvalue weighted by atomic mass is 16.5. The summed E-state index contributed by atoms with van der Waals surface area (Å²) in [6.45, 7) is 3.23. The van der Waals surface area contributed by atoms with E-state index in [0.29, 0.717) is 6.42 Å². The van der Waals surface area contributed by atoms with E-state index in [0.717, 1.165) is 67.3 Å². The van der Waals surface area contributed by atoms with E-state index in [2.05, 4.69) is 20.9 Å². The van der Waals surface area contributed by atoms with Gasteiger partial charge in [0.15, 0.2) is 0 Å². The second-order valence-electron chi connectivity index (χ2n) is 7.12. The Hall–Kier alpha value is -3.02. The summed E-state index contributed by atoms with van der Waals surface area (Å²) >= 11 is 0. The van der Waals surface area contributed by atoms with Crippen LogP contribution in [0.15, 0.2) is 48.5 Å². The number of carbonyl (C=O) groups is 1. The fourth-order valence-electron chi connectivity index (χ4n) is 3.71. The lowest BCUT2D eigenvalue weighted by Gasteiger charge is -2.36. The van der Waals surface area contributed by atoms with Crippen molar-refractivity contribution in [3.05, 3.63) is 54.4 Å². The molecule has 4 rings (SSSR count). The number of ether oxygens (including phenoxy) is 1. The standard InChI is InChI=1S/C22H26N4O2/c1-28-18-7-4-6-17(16-18)25-12-14-26(15-13-25)22(27)11-5-10-21-23-19-8-2-3-9-20(19)24-21/h2-4,6-9,16H,5,10-15H2,1H3,(H,23,24). The molecule has 1 aliphatic rings. The third-order valence-corrected chi connectivity index (χ3v) is 5.29. The van der Waals surface area contributed by atoms with Crippen molar-refractivity contribution in [1.82, 2.24) is 14.9 Å². The Morgan fingerprint density at radius 3 is 2.71 bits per heavy atom. The molecule has 1 aromatic heterocycles. The largest absolute Gasteiger partial charge is 0.497 e. The molecule has 2 heterocycles. The van der Waals surface area contributed by atoms with Gasteiger partial charge in [0.05, 0.1) is 18.1 Å². The molecule has 3 aromatic rings. The Kier molecular flexibility index (Phi) is 5.46. The third kappa shape index (κ3) is 4.11. The summed E-state index contributed by atoms with van der Waals surface area (Å²) in [6.07, 6.45) is 2.18. The van der Waals surface area contributed by atoms with Crippen molar-refractivity contribution in [2.75, 3.05) is 38.2 Å². The molecule has 0 radical (unpaired) electrons. The van der Waals surface area contributed by atoms with Crippen LogP contribution in [-0.4, -0.2) is 54.1 Å². The molecule has 0 spiro atoms. The molecule has 6 nitrogen and oxygen atoms in total. The Labute approximate surface area is 165 Å². The van der Waals surface area contributed by atoms with Gasteiger partial charge < -0.3 is 19.5 Å². The Morgan fingerprint density at radius 1 is 1.11 bits per heavy atom. The molecule has 1 saturated heterocycles. The van der Waals surface area contributed by atoms with Crippen molar-refractivity contribution < 1.29 is 9.53 Å². The van der Waals surface area contributed by atoms with Gasteiger partial charge in [0.25, 0.3) is 0 Å². The van der Waals surface area contributed by atoms with Crippen molar-refractivity contribution in [3.63, 3.8) is 0 Å². The summed E-state index contributed by atoms with van der Waals surface area (Å²) in [6, 6.07) is 16.1. The number of imidazole rings is 1. The SMILES string of the molecule is COc1cccc(N2CCN(C(=O)CCCc3nc4ccccc4[nH]3)CC2)c1. The number of anilines is 1. The number of hydrogen-bond acceptors (Lipinski definition) is 4. The summed E-state index contributed by atoms with van der Waals surface area (Å²) in [7, 11) is 1.68. The first kappa shape index (κ1) is 18.3. The van der Waals surface area contributed by atoms with Crippen LogP contribution in [0, 0.1) is 0 Å². The van der Waals surface area contributed by atoms with E-state index in [-0.39, 0.29) is 5.91 Å². The van der Waals surface area contributed by atoms with Crippen molar-refractivity contribution in [2.45, 2.75) is 19.3 Å². The van der Waals surface area contributed by atoms with Crippen LogP contribution in [0.1, 0.15) is 18.7 Å². The van der Waals surface area contributed by atoms with Gasteiger partial charge in [-0.15, -0.1) is 0 Å². The van der Waals surface area contributed by atoms with Gasteiger partial charge in [-0.25, -0.2) is 4.98 Å². The molecule has 0 saturated carbocycles. The van der Waals surface area contributed by atoms with Crippen molar-refractivity contribution in [1.29, 1.82) is 0 Å². The average molecular weight is 378 g/mol. The lowest BCUT2D eigenvalue weighted by atomic mass is 10.2. The smallest absolute Gasteiger partial charge is 0.222 e. The third-order valence-electron chi connectivity index (χ3n) is 5.29. The van der Waals surface area contributed by atoms with Crippen LogP contribution in [-0.2, 0) is 11.2 Å². The van der Waals surface area contributed by atoms with Gasteiger partial charge in [0.1, 0.15) is 11.6 Å². The lowest BCUT2D eigenvalue weighted by Crippen LogP contribution is -2.48. The van der Waals surface area contributed by atoms with Crippen LogP contribution >= 0.6 is 0 Å². The van der Waals surface area contributed by atoms with Crippen LogP contribution in [0.5, 0.6) is 5.75 Å². The second kappa shape index (κ2) is 8.33. The monoisotopic (exact) mass is 378 g/mol. The number of aromatic amines is 1. The van der Waals surface area contributed by atoms with Gasteiger partial charge in [0, 0.05) is 50.8 Å². The van der Waals surface area contributed by atoms with Crippen LogP contribution in [0.4, 0.5) is 5.69 Å². The zero-order valence-electron chi connectivity index (χ0n) is 16.2. The number of nitrogens with zero attached hydrogens (tertiary/aromatic N) is 3. The number of H-pyrrole nitrogens is 1. The summed E-state index contributed by atoms with van der Waals surface area (Å²) in [5.74, 6) is 2.06. The molecule has 1 amide bonds. The number of aromatic nitrogens is 2. The topological polar surface area (TPSA) is 61.5 Å². The number of hydrogen-bond donors (Lipinski definition) is 1. The summed E-state index contributed by atoms with van der Waals surface area (Å²) in [5, 5.41) is 0. The lowest BCUT2D eigenvalue weighted by molar-refractivity contribution is -0.131. The summed E-state index contributed by atoms with van der Waals surface area (Å²) < 4.78 is 5.31. The molecule has 1 aliphatic heterocycles. The molecule has 6 heteroatoms. The maximum atomic E-state index is 12.6. The highest BCUT2D eigenvalue weighted by Gasteiger charge is 2.21. The molecule has 0 atom stereocenters. The van der Waals surface area contributed by atoms with Crippen LogP contribution in [0.2, 0.25) is 0 Å². The first-order valence-electron chi connectivity index (χ1n) is 9.83. The van der Waals surface area contributed by atoms with Crippen LogP contribution in [0.3, 0.4) is 0 Å². The molecular formula is C22H26N4O2. The predicted octanol–water partition coefficient (Wildman–Crippen LogP) is 3.24. The highest BCUT2D eigenvalue weighted by molar-refractivity contribution is 5.77. The van der Waals surface area contributed by atoms with E-state index in [1.165, 1.54) is 0 Å². The van der Waals surface area contributed by atoms with E-state index >= 15 is 0 Å². The van der Waals surface area contributed by atoms with E-state index < -0.39 is 0 Å². The first-order chi connectivity index (χ1) is 13.7. The van der Waals surface area contributed by atoms with Gasteiger partial charge in [-0.3, -0.25) is 4.79 Å². The number of aryl methyl sites for hydroxylation is 1. The van der Waals surface area contributed by atoms with E-state index in [9.17, 15) is 4.79 Å². The van der Waals surface area contributed by atoms with Crippen LogP contribution < -0.4 is 9.64 Å². The number of methoxy groups -OCH3 is 1. The Balaban J connectivity index is 1.24. The minimum atomic E-state index is 0.237. The molecular weight excluding hydrogens is 352 g/mol. The van der Waals surface area contributed by atoms with Crippen molar-refractivity contribution >= 4 is 22.6 Å². The van der Waals surface area contributed by atoms with Gasteiger partial charge in [-0.1, -0.05) is 18.2 Å². The van der Waals surface area contributed by atoms with Crippen molar-refractivity contribution in [3.8, 4) is 5.75 Å². The van der Waals surface area contributed by atoms with Gasteiger partial charge in [-0.05, 0) is 30.7 Å². The summed E-state index contributed by atoms with van der Waals surface area (Å²) in [4.78, 5) is 24.8. The minimum Gasteiger partial charge on any atom is -0.497 e. The zero-order chi connectivity index (χ0) is 19.3. The van der Waals surface area contributed by atoms with Gasteiger partial charge in [0.2, 0.25) is 5.91 Å². The average Bonchev–Trinajstić information content (AvgIpc) is 3.16. The fraction of sp³-hybridized carbons (Fsp3) is 0.364. The Morgan fingerprint density at radius 2 is 1.93 bits per heavy atom. The van der Waals surface area contributed by atoms with E-state index in [1.807, 2.05) is 47.4 Å². The predicted molar refractivity (Wildman–Crippen MR) is 111 cm³/mol. The Bertz CT molecular complexity index is 911. The maximum Gasteiger partial charge on any atom is 0.222 e. The number of amides is 1. The first-order valence-corrected chi connectivity index (χ1v) is 9.83. The van der Waals surface area contributed by atoms with Crippen LogP contribution in [0.25, 0.3) is 11.0 Å². The molecule has 1 N–H and O–H groups in total. The molecule has 0 aliphatic carbocycles. The fourth-order valence-corrected chi connectivity index (χ4v) is 3.71. The number of para-hydroxylation sites is 2. The molecule has 28 heavy (non-hydrogen) atoms. The second-order valence-corrected chi connectivity index (χ2v) is 7.12. The maximum absolute atomic E-state index is 12.6. The summed E-state index contributed by atoms with van der Waals surface area (Å²) in [5.41, 5.74) is 3.19. The molecule has 2 aromatic carbocycles.